The average Bonchev–Trinajstić information content (AvgIpc) is 2.42. The van der Waals surface area contributed by atoms with Gasteiger partial charge in [-0.2, -0.15) is 0 Å². The molecule has 0 aliphatic carbocycles. The zero-order valence-corrected chi connectivity index (χ0v) is 12.0. The molecule has 0 saturated heterocycles. The number of nitrogens with one attached hydrogen (secondary N) is 2. The molecule has 1 unspecified atom stereocenters. The summed E-state index contributed by atoms with van der Waals surface area (Å²) in [5, 5.41) is 15.2. The van der Waals surface area contributed by atoms with Crippen LogP contribution in [0.15, 0.2) is 18.2 Å². The molecule has 5 nitrogen and oxygen atoms in total. The Labute approximate surface area is 118 Å². The number of benzene rings is 1. The van der Waals surface area contributed by atoms with Crippen molar-refractivity contribution in [3.05, 3.63) is 23.8 Å². The third-order valence-electron chi connectivity index (χ3n) is 3.19. The minimum atomic E-state index is -0.974. The van der Waals surface area contributed by atoms with E-state index in [1.165, 1.54) is 6.07 Å². The van der Waals surface area contributed by atoms with E-state index in [0.29, 0.717) is 17.8 Å². The molecule has 0 saturated carbocycles. The second-order valence-corrected chi connectivity index (χ2v) is 6.42. The monoisotopic (exact) mass is 276 g/mol. The molecule has 1 amide bonds. The lowest BCUT2D eigenvalue weighted by atomic mass is 9.87. The van der Waals surface area contributed by atoms with Crippen molar-refractivity contribution in [1.29, 1.82) is 0 Å². The van der Waals surface area contributed by atoms with Crippen LogP contribution in [-0.2, 0) is 4.79 Å². The second-order valence-electron chi connectivity index (χ2n) is 6.42. The standard InChI is InChI=1S/C15H20N2O3/c1-15(2,3)8-10-7-13(18)17-11-5-4-9(14(19)20)6-12(11)16-10/h4-6,10,16H,7-8H2,1-3H3,(H,17,18)(H,19,20). The highest BCUT2D eigenvalue weighted by molar-refractivity contribution is 5.98. The SMILES string of the molecule is CC(C)(C)CC1CC(=O)Nc2ccc(C(=O)O)cc2N1. The van der Waals surface area contributed by atoms with Crippen LogP contribution in [0.2, 0.25) is 0 Å². The molecule has 0 aromatic heterocycles. The molecule has 5 heteroatoms. The quantitative estimate of drug-likeness (QED) is 0.776. The van der Waals surface area contributed by atoms with Gasteiger partial charge < -0.3 is 15.7 Å². The number of anilines is 2. The molecule has 0 bridgehead atoms. The van der Waals surface area contributed by atoms with Crippen LogP contribution < -0.4 is 10.6 Å². The first kappa shape index (κ1) is 14.4. The first-order chi connectivity index (χ1) is 9.24. The van der Waals surface area contributed by atoms with Crippen molar-refractivity contribution in [2.45, 2.75) is 39.7 Å². The number of rotatable bonds is 2. The maximum Gasteiger partial charge on any atom is 0.335 e. The maximum absolute atomic E-state index is 11.9. The molecule has 0 radical (unpaired) electrons. The van der Waals surface area contributed by atoms with Gasteiger partial charge in [0.15, 0.2) is 0 Å². The van der Waals surface area contributed by atoms with Gasteiger partial charge in [0.05, 0.1) is 16.9 Å². The molecule has 0 spiro atoms. The molecule has 0 fully saturated rings. The Morgan fingerprint density at radius 1 is 1.35 bits per heavy atom. The van der Waals surface area contributed by atoms with Gasteiger partial charge in [0.25, 0.3) is 0 Å². The zero-order valence-electron chi connectivity index (χ0n) is 12.0. The van der Waals surface area contributed by atoms with Crippen molar-refractivity contribution in [3.8, 4) is 0 Å². The molecule has 1 aromatic carbocycles. The zero-order chi connectivity index (χ0) is 14.9. The Morgan fingerprint density at radius 2 is 2.05 bits per heavy atom. The van der Waals surface area contributed by atoms with Crippen LogP contribution in [0.1, 0.15) is 44.0 Å². The Kier molecular flexibility index (Phi) is 3.70. The maximum atomic E-state index is 11.9. The first-order valence-corrected chi connectivity index (χ1v) is 6.68. The molecule has 1 aliphatic heterocycles. The van der Waals surface area contributed by atoms with Crippen LogP contribution in [-0.4, -0.2) is 23.0 Å². The van der Waals surface area contributed by atoms with Crippen molar-refractivity contribution >= 4 is 23.3 Å². The lowest BCUT2D eigenvalue weighted by molar-refractivity contribution is -0.116. The molecule has 1 heterocycles. The molecule has 3 N–H and O–H groups in total. The van der Waals surface area contributed by atoms with Crippen LogP contribution in [0.5, 0.6) is 0 Å². The number of carboxylic acid groups (broad SMARTS) is 1. The topological polar surface area (TPSA) is 78.4 Å². The molecule has 2 rings (SSSR count). The van der Waals surface area contributed by atoms with Gasteiger partial charge in [-0.3, -0.25) is 4.79 Å². The van der Waals surface area contributed by atoms with Gasteiger partial charge in [-0.15, -0.1) is 0 Å². The minimum absolute atomic E-state index is 0.000273. The third-order valence-corrected chi connectivity index (χ3v) is 3.19. The summed E-state index contributed by atoms with van der Waals surface area (Å²) in [5.74, 6) is -1.02. The van der Waals surface area contributed by atoms with Crippen molar-refractivity contribution in [3.63, 3.8) is 0 Å². The predicted octanol–water partition coefficient (Wildman–Crippen LogP) is 2.94. The summed E-state index contributed by atoms with van der Waals surface area (Å²) in [6, 6.07) is 4.69. The predicted molar refractivity (Wildman–Crippen MR) is 78.1 cm³/mol. The normalized spacial score (nSPS) is 18.6. The van der Waals surface area contributed by atoms with Gasteiger partial charge >= 0.3 is 5.97 Å². The largest absolute Gasteiger partial charge is 0.478 e. The lowest BCUT2D eigenvalue weighted by Crippen LogP contribution is -2.27. The Bertz CT molecular complexity index is 547. The Hall–Kier alpha value is -2.04. The van der Waals surface area contributed by atoms with Crippen LogP contribution in [0.4, 0.5) is 11.4 Å². The number of fused-ring (bicyclic) bond motifs is 1. The summed E-state index contributed by atoms with van der Waals surface area (Å²) in [6.45, 7) is 6.35. The van der Waals surface area contributed by atoms with E-state index in [0.717, 1.165) is 6.42 Å². The van der Waals surface area contributed by atoms with E-state index in [-0.39, 0.29) is 22.9 Å². The summed E-state index contributed by atoms with van der Waals surface area (Å²) in [4.78, 5) is 22.9. The molecule has 20 heavy (non-hydrogen) atoms. The van der Waals surface area contributed by atoms with E-state index in [2.05, 4.69) is 31.4 Å². The molecular weight excluding hydrogens is 256 g/mol. The fraction of sp³-hybridized carbons (Fsp3) is 0.467. The second kappa shape index (κ2) is 5.15. The number of amides is 1. The smallest absolute Gasteiger partial charge is 0.335 e. The van der Waals surface area contributed by atoms with E-state index >= 15 is 0 Å². The van der Waals surface area contributed by atoms with Gasteiger partial charge in [0, 0.05) is 12.5 Å². The van der Waals surface area contributed by atoms with Crippen LogP contribution >= 0.6 is 0 Å². The van der Waals surface area contributed by atoms with Crippen molar-refractivity contribution in [2.24, 2.45) is 5.41 Å². The number of aromatic carboxylic acids is 1. The fourth-order valence-electron chi connectivity index (χ4n) is 2.46. The van der Waals surface area contributed by atoms with Crippen LogP contribution in [0, 0.1) is 5.41 Å². The van der Waals surface area contributed by atoms with Crippen molar-refractivity contribution < 1.29 is 14.7 Å². The molecule has 1 aliphatic rings. The summed E-state index contributed by atoms with van der Waals surface area (Å²) in [6.07, 6.45) is 1.21. The number of hydrogen-bond donors (Lipinski definition) is 3. The Morgan fingerprint density at radius 3 is 2.65 bits per heavy atom. The number of carboxylic acids is 1. The van der Waals surface area contributed by atoms with E-state index in [4.69, 9.17) is 5.11 Å². The highest BCUT2D eigenvalue weighted by Gasteiger charge is 2.25. The molecule has 1 atom stereocenters. The minimum Gasteiger partial charge on any atom is -0.478 e. The van der Waals surface area contributed by atoms with Crippen molar-refractivity contribution in [2.75, 3.05) is 10.6 Å². The molecular formula is C15H20N2O3. The highest BCUT2D eigenvalue weighted by atomic mass is 16.4. The van der Waals surface area contributed by atoms with Gasteiger partial charge in [-0.25, -0.2) is 4.79 Å². The Balaban J connectivity index is 2.31. The van der Waals surface area contributed by atoms with Gasteiger partial charge in [0.1, 0.15) is 0 Å². The third kappa shape index (κ3) is 3.50. The lowest BCUT2D eigenvalue weighted by Gasteiger charge is -2.25. The summed E-state index contributed by atoms with van der Waals surface area (Å²) in [7, 11) is 0. The van der Waals surface area contributed by atoms with Gasteiger partial charge in [0.2, 0.25) is 5.91 Å². The number of carbonyl (C=O) groups excluding carboxylic acids is 1. The van der Waals surface area contributed by atoms with Crippen LogP contribution in [0.25, 0.3) is 0 Å². The van der Waals surface area contributed by atoms with E-state index in [1.807, 2.05) is 0 Å². The number of carbonyl (C=O) groups is 2. The van der Waals surface area contributed by atoms with Crippen molar-refractivity contribution in [1.82, 2.24) is 0 Å². The number of hydrogen-bond acceptors (Lipinski definition) is 3. The summed E-state index contributed by atoms with van der Waals surface area (Å²) in [5.41, 5.74) is 1.61. The summed E-state index contributed by atoms with van der Waals surface area (Å²) >= 11 is 0. The first-order valence-electron chi connectivity index (χ1n) is 6.68. The highest BCUT2D eigenvalue weighted by Crippen LogP contribution is 2.31. The molecule has 108 valence electrons. The van der Waals surface area contributed by atoms with E-state index in [1.54, 1.807) is 12.1 Å². The van der Waals surface area contributed by atoms with Gasteiger partial charge in [-0.1, -0.05) is 20.8 Å². The van der Waals surface area contributed by atoms with Gasteiger partial charge in [-0.05, 0) is 30.0 Å². The van der Waals surface area contributed by atoms with Crippen LogP contribution in [0.3, 0.4) is 0 Å². The molecule has 1 aromatic rings. The van der Waals surface area contributed by atoms with E-state index < -0.39 is 5.97 Å². The summed E-state index contributed by atoms with van der Waals surface area (Å²) < 4.78 is 0. The fourth-order valence-corrected chi connectivity index (χ4v) is 2.46. The average molecular weight is 276 g/mol. The van der Waals surface area contributed by atoms with E-state index in [9.17, 15) is 9.59 Å².